The molecule has 1 saturated heterocycles. The summed E-state index contributed by atoms with van der Waals surface area (Å²) >= 11 is 1.70. The number of anilines is 1. The van der Waals surface area contributed by atoms with Crippen molar-refractivity contribution in [2.75, 3.05) is 24.7 Å². The zero-order valence-electron chi connectivity index (χ0n) is 12.0. The highest BCUT2D eigenvalue weighted by molar-refractivity contribution is 7.99. The Hall–Kier alpha value is -1.57. The Morgan fingerprint density at radius 2 is 2.38 bits per heavy atom. The Labute approximate surface area is 127 Å². The molecular weight excluding hydrogens is 288 g/mol. The summed E-state index contributed by atoms with van der Waals surface area (Å²) in [5.41, 5.74) is 2.18. The van der Waals surface area contributed by atoms with E-state index in [0.29, 0.717) is 5.82 Å². The van der Waals surface area contributed by atoms with Gasteiger partial charge in [-0.25, -0.2) is 4.98 Å². The molecular formula is C14H18N4O2S. The quantitative estimate of drug-likeness (QED) is 0.807. The molecule has 0 aliphatic carbocycles. The minimum atomic E-state index is -0.128. The van der Waals surface area contributed by atoms with E-state index in [-0.39, 0.29) is 17.4 Å². The Balaban J connectivity index is 1.92. The third kappa shape index (κ3) is 3.04. The van der Waals surface area contributed by atoms with Gasteiger partial charge in [0.25, 0.3) is 0 Å². The molecule has 0 spiro atoms. The van der Waals surface area contributed by atoms with Gasteiger partial charge >= 0.3 is 0 Å². The number of hydrogen-bond donors (Lipinski definition) is 3. The monoisotopic (exact) mass is 306 g/mol. The van der Waals surface area contributed by atoms with Gasteiger partial charge in [-0.3, -0.25) is 4.79 Å². The number of amides is 1. The van der Waals surface area contributed by atoms with Crippen LogP contribution in [-0.2, 0) is 9.53 Å². The molecule has 3 heterocycles. The van der Waals surface area contributed by atoms with Gasteiger partial charge < -0.3 is 20.4 Å². The number of H-pyrrole nitrogens is 1. The van der Waals surface area contributed by atoms with Crippen LogP contribution in [0.25, 0.3) is 10.9 Å². The van der Waals surface area contributed by atoms with Gasteiger partial charge in [0.2, 0.25) is 5.91 Å². The molecule has 1 fully saturated rings. The summed E-state index contributed by atoms with van der Waals surface area (Å²) in [7, 11) is 0. The molecule has 2 aromatic rings. The minimum absolute atomic E-state index is 0.00229. The first kappa shape index (κ1) is 14.4. The molecule has 1 amide bonds. The molecule has 0 bridgehead atoms. The Morgan fingerprint density at radius 1 is 1.52 bits per heavy atom. The number of aromatic nitrogens is 2. The molecule has 2 aromatic heterocycles. The van der Waals surface area contributed by atoms with E-state index in [1.54, 1.807) is 18.0 Å². The van der Waals surface area contributed by atoms with Crippen LogP contribution in [0, 0.1) is 0 Å². The summed E-state index contributed by atoms with van der Waals surface area (Å²) in [6.45, 7) is 3.11. The highest BCUT2D eigenvalue weighted by Crippen LogP contribution is 2.31. The summed E-state index contributed by atoms with van der Waals surface area (Å²) in [4.78, 5) is 18.6. The predicted octanol–water partition coefficient (Wildman–Crippen LogP) is 1.87. The molecule has 0 aromatic carbocycles. The van der Waals surface area contributed by atoms with Crippen LogP contribution >= 0.6 is 11.8 Å². The van der Waals surface area contributed by atoms with Crippen LogP contribution in [0.4, 0.5) is 5.82 Å². The van der Waals surface area contributed by atoms with E-state index in [1.165, 1.54) is 6.92 Å². The largest absolute Gasteiger partial charge is 0.360 e. The fourth-order valence-corrected chi connectivity index (χ4v) is 3.02. The van der Waals surface area contributed by atoms with Crippen molar-refractivity contribution in [3.63, 3.8) is 0 Å². The lowest BCUT2D eigenvalue weighted by molar-refractivity contribution is -0.114. The molecule has 1 aliphatic heterocycles. The topological polar surface area (TPSA) is 79.0 Å². The van der Waals surface area contributed by atoms with Gasteiger partial charge in [0.1, 0.15) is 11.3 Å². The number of morpholine rings is 1. The number of aromatic amines is 1. The van der Waals surface area contributed by atoms with Gasteiger partial charge in [-0.1, -0.05) is 0 Å². The van der Waals surface area contributed by atoms with Crippen LogP contribution in [0.3, 0.4) is 0 Å². The minimum Gasteiger partial charge on any atom is -0.360 e. The van der Waals surface area contributed by atoms with Crippen LogP contribution in [0.2, 0.25) is 0 Å². The van der Waals surface area contributed by atoms with Gasteiger partial charge in [-0.05, 0) is 12.3 Å². The number of nitrogens with one attached hydrogen (secondary N) is 3. The maximum atomic E-state index is 11.2. The average molecular weight is 306 g/mol. The zero-order chi connectivity index (χ0) is 14.8. The van der Waals surface area contributed by atoms with Gasteiger partial charge in [-0.2, -0.15) is 0 Å². The van der Waals surface area contributed by atoms with Crippen molar-refractivity contribution in [3.05, 3.63) is 24.0 Å². The summed E-state index contributed by atoms with van der Waals surface area (Å²) in [5.74, 6) is 0.429. The maximum absolute atomic E-state index is 11.2. The molecule has 21 heavy (non-hydrogen) atoms. The van der Waals surface area contributed by atoms with Crippen LogP contribution in [0.5, 0.6) is 0 Å². The lowest BCUT2D eigenvalue weighted by Crippen LogP contribution is -2.38. The van der Waals surface area contributed by atoms with E-state index in [1.807, 2.05) is 18.5 Å². The predicted molar refractivity (Wildman–Crippen MR) is 84.4 cm³/mol. The van der Waals surface area contributed by atoms with Crippen LogP contribution in [0.15, 0.2) is 18.5 Å². The smallest absolute Gasteiger partial charge is 0.222 e. The van der Waals surface area contributed by atoms with E-state index in [2.05, 4.69) is 20.6 Å². The number of pyridine rings is 1. The van der Waals surface area contributed by atoms with Crippen molar-refractivity contribution in [2.24, 2.45) is 0 Å². The van der Waals surface area contributed by atoms with Gasteiger partial charge in [0.05, 0.1) is 17.8 Å². The maximum Gasteiger partial charge on any atom is 0.222 e. The van der Waals surface area contributed by atoms with Crippen molar-refractivity contribution in [1.29, 1.82) is 0 Å². The third-order valence-electron chi connectivity index (χ3n) is 3.47. The normalized spacial score (nSPS) is 22.4. The van der Waals surface area contributed by atoms with Crippen molar-refractivity contribution in [2.45, 2.75) is 18.5 Å². The van der Waals surface area contributed by atoms with E-state index >= 15 is 0 Å². The van der Waals surface area contributed by atoms with E-state index in [4.69, 9.17) is 4.74 Å². The number of ether oxygens (including phenoxy) is 1. The van der Waals surface area contributed by atoms with E-state index in [0.717, 1.165) is 29.6 Å². The highest BCUT2D eigenvalue weighted by atomic mass is 32.2. The third-order valence-corrected chi connectivity index (χ3v) is 4.27. The second-order valence-electron chi connectivity index (χ2n) is 4.99. The SMILES string of the molecule is CSC1CNCC(c2c[nH]c3cnc(NC(C)=O)cc23)O1. The standard InChI is InChI=1S/C14H18N4O2S/c1-8(19)18-13-3-9-10(4-16-11(9)5-17-13)12-6-15-7-14(20-12)21-2/h3-5,12,14-16H,6-7H2,1-2H3,(H,17,18,19). The lowest BCUT2D eigenvalue weighted by Gasteiger charge is -2.29. The molecule has 3 N–H and O–H groups in total. The molecule has 6 nitrogen and oxygen atoms in total. The molecule has 1 aliphatic rings. The van der Waals surface area contributed by atoms with E-state index < -0.39 is 0 Å². The molecule has 2 atom stereocenters. The van der Waals surface area contributed by atoms with E-state index in [9.17, 15) is 4.79 Å². The van der Waals surface area contributed by atoms with Crippen molar-refractivity contribution in [1.82, 2.24) is 15.3 Å². The lowest BCUT2D eigenvalue weighted by atomic mass is 10.1. The van der Waals surface area contributed by atoms with Gasteiger partial charge in [0.15, 0.2) is 0 Å². The Kier molecular flexibility index (Phi) is 4.14. The number of rotatable bonds is 3. The molecule has 7 heteroatoms. The highest BCUT2D eigenvalue weighted by Gasteiger charge is 2.25. The number of hydrogen-bond acceptors (Lipinski definition) is 5. The summed E-state index contributed by atoms with van der Waals surface area (Å²) in [6, 6.07) is 1.88. The summed E-state index contributed by atoms with van der Waals surface area (Å²) in [6.07, 6.45) is 5.73. The first-order chi connectivity index (χ1) is 10.2. The first-order valence-corrected chi connectivity index (χ1v) is 8.09. The second-order valence-corrected chi connectivity index (χ2v) is 5.99. The molecule has 2 unspecified atom stereocenters. The fourth-order valence-electron chi connectivity index (χ4n) is 2.49. The summed E-state index contributed by atoms with van der Waals surface area (Å²) in [5, 5.41) is 7.13. The average Bonchev–Trinajstić information content (AvgIpc) is 2.90. The molecule has 112 valence electrons. The van der Waals surface area contributed by atoms with Crippen molar-refractivity contribution < 1.29 is 9.53 Å². The number of thioether (sulfide) groups is 1. The first-order valence-electron chi connectivity index (χ1n) is 6.81. The van der Waals surface area contributed by atoms with Crippen molar-refractivity contribution in [3.8, 4) is 0 Å². The van der Waals surface area contributed by atoms with Crippen molar-refractivity contribution >= 4 is 34.4 Å². The number of fused-ring (bicyclic) bond motifs is 1. The van der Waals surface area contributed by atoms with Crippen LogP contribution in [-0.4, -0.2) is 40.7 Å². The molecule has 0 saturated carbocycles. The Morgan fingerprint density at radius 3 is 3.14 bits per heavy atom. The number of nitrogens with zero attached hydrogens (tertiary/aromatic N) is 1. The van der Waals surface area contributed by atoms with Gasteiger partial charge in [-0.15, -0.1) is 11.8 Å². The second kappa shape index (κ2) is 6.05. The Bertz CT molecular complexity index is 657. The number of carbonyl (C=O) groups excluding carboxylic acids is 1. The molecule has 3 rings (SSSR count). The van der Waals surface area contributed by atoms with Crippen LogP contribution < -0.4 is 10.6 Å². The number of carbonyl (C=O) groups is 1. The van der Waals surface area contributed by atoms with Gasteiger partial charge in [0, 0.05) is 37.2 Å². The zero-order valence-corrected chi connectivity index (χ0v) is 12.8. The summed E-state index contributed by atoms with van der Waals surface area (Å²) < 4.78 is 6.08. The fraction of sp³-hybridized carbons (Fsp3) is 0.429. The van der Waals surface area contributed by atoms with Crippen LogP contribution in [0.1, 0.15) is 18.6 Å². The molecule has 0 radical (unpaired) electrons.